The molecule has 0 saturated carbocycles. The Hall–Kier alpha value is -1.35. The first-order valence-corrected chi connectivity index (χ1v) is 7.21. The molecule has 0 spiro atoms. The fourth-order valence-electron chi connectivity index (χ4n) is 2.58. The van der Waals surface area contributed by atoms with Gasteiger partial charge in [0.1, 0.15) is 0 Å². The number of aryl methyl sites for hydroxylation is 2. The number of benzene rings is 1. The van der Waals surface area contributed by atoms with Crippen molar-refractivity contribution in [1.29, 1.82) is 0 Å². The third-order valence-electron chi connectivity index (χ3n) is 3.77. The number of hydrogen-bond donors (Lipinski definition) is 2. The van der Waals surface area contributed by atoms with Crippen LogP contribution in [0.1, 0.15) is 36.0 Å². The van der Waals surface area contributed by atoms with Crippen LogP contribution in [-0.4, -0.2) is 25.0 Å². The van der Waals surface area contributed by atoms with Crippen LogP contribution in [0.15, 0.2) is 18.2 Å². The second kappa shape index (κ2) is 6.71. The molecule has 1 amide bonds. The minimum atomic E-state index is 0.141. The highest BCUT2D eigenvalue weighted by Crippen LogP contribution is 2.12. The van der Waals surface area contributed by atoms with E-state index in [-0.39, 0.29) is 5.91 Å². The zero-order chi connectivity index (χ0) is 13.7. The number of carbonyl (C=O) groups is 1. The van der Waals surface area contributed by atoms with Gasteiger partial charge in [-0.05, 0) is 44.4 Å². The molecule has 1 aliphatic rings. The van der Waals surface area contributed by atoms with Crippen LogP contribution in [0.4, 0.5) is 0 Å². The van der Waals surface area contributed by atoms with Gasteiger partial charge in [0.2, 0.25) is 5.91 Å². The average molecular weight is 260 g/mol. The lowest BCUT2D eigenvalue weighted by Gasteiger charge is -2.17. The molecule has 0 radical (unpaired) electrons. The van der Waals surface area contributed by atoms with E-state index in [1.165, 1.54) is 24.0 Å². The molecule has 0 aliphatic carbocycles. The molecule has 2 N–H and O–H groups in total. The van der Waals surface area contributed by atoms with E-state index >= 15 is 0 Å². The number of amides is 1. The normalized spacial score (nSPS) is 19.8. The summed E-state index contributed by atoms with van der Waals surface area (Å²) in [5.41, 5.74) is 3.54. The monoisotopic (exact) mass is 260 g/mol. The highest BCUT2D eigenvalue weighted by Gasteiger charge is 2.15. The lowest BCUT2D eigenvalue weighted by molar-refractivity contribution is -0.121. The van der Waals surface area contributed by atoms with Gasteiger partial charge < -0.3 is 10.6 Å². The maximum atomic E-state index is 12.1. The molecule has 1 unspecified atom stereocenters. The van der Waals surface area contributed by atoms with Crippen LogP contribution in [0.3, 0.4) is 0 Å². The summed E-state index contributed by atoms with van der Waals surface area (Å²) in [6.07, 6.45) is 3.99. The van der Waals surface area contributed by atoms with Crippen molar-refractivity contribution in [2.24, 2.45) is 0 Å². The fourth-order valence-corrected chi connectivity index (χ4v) is 2.58. The molecule has 1 aromatic carbocycles. The standard InChI is InChI=1S/C16H24N2O/c1-12-6-7-13(2)14(9-12)10-16(19)18-15-5-3-4-8-17-11-15/h6-7,9,15,17H,3-5,8,10-11H2,1-2H3,(H,18,19). The largest absolute Gasteiger partial charge is 0.352 e. The number of carbonyl (C=O) groups excluding carboxylic acids is 1. The molecular weight excluding hydrogens is 236 g/mol. The Morgan fingerprint density at radius 1 is 1.37 bits per heavy atom. The van der Waals surface area contributed by atoms with Crippen LogP contribution in [0.25, 0.3) is 0 Å². The molecule has 1 aromatic rings. The van der Waals surface area contributed by atoms with E-state index in [1.54, 1.807) is 0 Å². The minimum Gasteiger partial charge on any atom is -0.352 e. The zero-order valence-electron chi connectivity index (χ0n) is 12.0. The Kier molecular flexibility index (Phi) is 4.97. The van der Waals surface area contributed by atoms with Gasteiger partial charge in [0, 0.05) is 12.6 Å². The fraction of sp³-hybridized carbons (Fsp3) is 0.562. The van der Waals surface area contributed by atoms with Crippen molar-refractivity contribution >= 4 is 5.91 Å². The molecule has 0 aromatic heterocycles. The number of hydrogen-bond acceptors (Lipinski definition) is 2. The highest BCUT2D eigenvalue weighted by molar-refractivity contribution is 5.79. The topological polar surface area (TPSA) is 41.1 Å². The molecule has 1 aliphatic heterocycles. The van der Waals surface area contributed by atoms with Crippen molar-refractivity contribution in [1.82, 2.24) is 10.6 Å². The summed E-state index contributed by atoms with van der Waals surface area (Å²) in [6, 6.07) is 6.58. The van der Waals surface area contributed by atoms with E-state index in [9.17, 15) is 4.79 Å². The van der Waals surface area contributed by atoms with Crippen LogP contribution in [0.2, 0.25) is 0 Å². The van der Waals surface area contributed by atoms with E-state index in [4.69, 9.17) is 0 Å². The molecule has 2 rings (SSSR count). The van der Waals surface area contributed by atoms with Gasteiger partial charge in [0.05, 0.1) is 6.42 Å². The molecule has 3 heteroatoms. The summed E-state index contributed by atoms with van der Waals surface area (Å²) in [7, 11) is 0. The van der Waals surface area contributed by atoms with Gasteiger partial charge in [-0.3, -0.25) is 4.79 Å². The summed E-state index contributed by atoms with van der Waals surface area (Å²) in [5, 5.41) is 6.52. The van der Waals surface area contributed by atoms with E-state index in [0.717, 1.165) is 25.1 Å². The van der Waals surface area contributed by atoms with E-state index in [1.807, 2.05) is 0 Å². The molecule has 3 nitrogen and oxygen atoms in total. The van der Waals surface area contributed by atoms with Crippen LogP contribution >= 0.6 is 0 Å². The lowest BCUT2D eigenvalue weighted by atomic mass is 10.0. The molecule has 1 atom stereocenters. The molecule has 19 heavy (non-hydrogen) atoms. The molecular formula is C16H24N2O. The Balaban J connectivity index is 1.91. The van der Waals surface area contributed by atoms with Gasteiger partial charge in [-0.2, -0.15) is 0 Å². The van der Waals surface area contributed by atoms with E-state index < -0.39 is 0 Å². The smallest absolute Gasteiger partial charge is 0.224 e. The Labute approximate surface area is 115 Å². The lowest BCUT2D eigenvalue weighted by Crippen LogP contribution is -2.41. The summed E-state index contributed by atoms with van der Waals surface area (Å²) in [5.74, 6) is 0.141. The van der Waals surface area contributed by atoms with E-state index in [2.05, 4.69) is 42.7 Å². The number of nitrogens with one attached hydrogen (secondary N) is 2. The first-order chi connectivity index (χ1) is 9.15. The van der Waals surface area contributed by atoms with Crippen molar-refractivity contribution < 1.29 is 4.79 Å². The average Bonchev–Trinajstić information content (AvgIpc) is 2.62. The Morgan fingerprint density at radius 3 is 3.05 bits per heavy atom. The quantitative estimate of drug-likeness (QED) is 0.874. The van der Waals surface area contributed by atoms with Gasteiger partial charge >= 0.3 is 0 Å². The van der Waals surface area contributed by atoms with E-state index in [0.29, 0.717) is 12.5 Å². The number of rotatable bonds is 3. The molecule has 1 saturated heterocycles. The summed E-state index contributed by atoms with van der Waals surface area (Å²) in [4.78, 5) is 12.1. The molecule has 1 heterocycles. The van der Waals surface area contributed by atoms with Gasteiger partial charge in [-0.1, -0.05) is 30.2 Å². The summed E-state index contributed by atoms with van der Waals surface area (Å²) in [6.45, 7) is 6.10. The molecule has 0 bridgehead atoms. The van der Waals surface area contributed by atoms with Crippen LogP contribution in [0.5, 0.6) is 0 Å². The van der Waals surface area contributed by atoms with Crippen molar-refractivity contribution in [2.75, 3.05) is 13.1 Å². The summed E-state index contributed by atoms with van der Waals surface area (Å²) >= 11 is 0. The maximum absolute atomic E-state index is 12.1. The minimum absolute atomic E-state index is 0.141. The predicted octanol–water partition coefficient (Wildman–Crippen LogP) is 2.10. The highest BCUT2D eigenvalue weighted by atomic mass is 16.1. The van der Waals surface area contributed by atoms with Crippen LogP contribution in [-0.2, 0) is 11.2 Å². The molecule has 104 valence electrons. The first-order valence-electron chi connectivity index (χ1n) is 7.21. The first kappa shape index (κ1) is 14.1. The van der Waals surface area contributed by atoms with Crippen molar-refractivity contribution in [3.63, 3.8) is 0 Å². The van der Waals surface area contributed by atoms with Crippen molar-refractivity contribution in [2.45, 2.75) is 45.6 Å². The van der Waals surface area contributed by atoms with Gasteiger partial charge in [-0.25, -0.2) is 0 Å². The Bertz CT molecular complexity index is 434. The second-order valence-electron chi connectivity index (χ2n) is 5.57. The molecule has 1 fully saturated rings. The van der Waals surface area contributed by atoms with Gasteiger partial charge in [0.15, 0.2) is 0 Å². The Morgan fingerprint density at radius 2 is 2.21 bits per heavy atom. The zero-order valence-corrected chi connectivity index (χ0v) is 12.0. The third-order valence-corrected chi connectivity index (χ3v) is 3.77. The second-order valence-corrected chi connectivity index (χ2v) is 5.57. The van der Waals surface area contributed by atoms with Gasteiger partial charge in [0.25, 0.3) is 0 Å². The van der Waals surface area contributed by atoms with Crippen molar-refractivity contribution in [3.8, 4) is 0 Å². The van der Waals surface area contributed by atoms with Crippen molar-refractivity contribution in [3.05, 3.63) is 34.9 Å². The SMILES string of the molecule is Cc1ccc(C)c(CC(=O)NC2CCCCNC2)c1. The van der Waals surface area contributed by atoms with Crippen LogP contribution in [0, 0.1) is 13.8 Å². The third kappa shape index (κ3) is 4.35. The van der Waals surface area contributed by atoms with Crippen LogP contribution < -0.4 is 10.6 Å². The maximum Gasteiger partial charge on any atom is 0.224 e. The summed E-state index contributed by atoms with van der Waals surface area (Å²) < 4.78 is 0. The van der Waals surface area contributed by atoms with Gasteiger partial charge in [-0.15, -0.1) is 0 Å². The predicted molar refractivity (Wildman–Crippen MR) is 78.3 cm³/mol.